The summed E-state index contributed by atoms with van der Waals surface area (Å²) in [4.78, 5) is 2.77. The van der Waals surface area contributed by atoms with Gasteiger partial charge in [-0.1, -0.05) is 157 Å². The Morgan fingerprint density at radius 2 is 0.716 bits per heavy atom. The first kappa shape index (κ1) is 37.6. The maximum atomic E-state index is 2.77. The van der Waals surface area contributed by atoms with E-state index in [4.69, 9.17) is 0 Å². The Balaban J connectivity index is 1.08. The van der Waals surface area contributed by atoms with Gasteiger partial charge in [-0.2, -0.15) is 0 Å². The molecule has 0 saturated carbocycles. The molecule has 0 N–H and O–H groups in total. The van der Waals surface area contributed by atoms with Gasteiger partial charge in [0.2, 0.25) is 0 Å². The van der Waals surface area contributed by atoms with Crippen molar-refractivity contribution in [2.75, 3.05) is 4.90 Å². The van der Waals surface area contributed by atoms with E-state index in [1.54, 1.807) is 0 Å². The van der Waals surface area contributed by atoms with Gasteiger partial charge in [0.25, 0.3) is 0 Å². The summed E-state index contributed by atoms with van der Waals surface area (Å²) in [5.41, 5.74) is 21.7. The molecule has 67 heavy (non-hydrogen) atoms. The van der Waals surface area contributed by atoms with Crippen molar-refractivity contribution < 1.29 is 0 Å². The van der Waals surface area contributed by atoms with E-state index >= 15 is 0 Å². The molecule has 15 rings (SSSR count). The fourth-order valence-electron chi connectivity index (χ4n) is 13.7. The van der Waals surface area contributed by atoms with Crippen LogP contribution in [-0.4, -0.2) is 13.7 Å². The number of anilines is 2. The van der Waals surface area contributed by atoms with E-state index in [9.17, 15) is 0 Å². The van der Waals surface area contributed by atoms with Crippen LogP contribution in [0, 0.1) is 0 Å². The van der Waals surface area contributed by atoms with Gasteiger partial charge in [0, 0.05) is 71.0 Å². The summed E-state index contributed by atoms with van der Waals surface area (Å²) in [6.45, 7) is 15.1. The molecule has 0 radical (unpaired) electrons. The third-order valence-electron chi connectivity index (χ3n) is 16.9. The van der Waals surface area contributed by atoms with E-state index in [1.165, 1.54) is 127 Å². The minimum atomic E-state index is -0.347. The first-order chi connectivity index (χ1) is 32.5. The highest BCUT2D eigenvalue weighted by atomic mass is 15.2. The van der Waals surface area contributed by atoms with Crippen LogP contribution in [0.4, 0.5) is 11.4 Å². The Kier molecular flexibility index (Phi) is 6.99. The smallest absolute Gasteiger partial charge is 0.0567 e. The van der Waals surface area contributed by atoms with Gasteiger partial charge < -0.3 is 18.6 Å². The molecule has 4 heteroatoms. The highest BCUT2D eigenvalue weighted by Gasteiger charge is 2.55. The van der Waals surface area contributed by atoms with Crippen molar-refractivity contribution in [3.05, 3.63) is 215 Å². The van der Waals surface area contributed by atoms with Crippen LogP contribution in [0.15, 0.2) is 193 Å². The van der Waals surface area contributed by atoms with Gasteiger partial charge in [-0.15, -0.1) is 0 Å². The minimum Gasteiger partial charge on any atom is -0.333 e. The first-order valence-electron chi connectivity index (χ1n) is 24.1. The van der Waals surface area contributed by atoms with E-state index in [0.29, 0.717) is 0 Å². The number of aromatic nitrogens is 3. The van der Waals surface area contributed by atoms with Crippen molar-refractivity contribution in [1.82, 2.24) is 13.7 Å². The van der Waals surface area contributed by atoms with Gasteiger partial charge in [-0.25, -0.2) is 0 Å². The number of hydrogen-bond acceptors (Lipinski definition) is 1. The number of allylic oxidation sites excluding steroid dienone is 3. The standard InChI is InChI=1S/C63H50N4/c1-61(2)46-31-37(64-52-25-13-7-19-40(52)41-20-8-14-26-53(41)64)33-48-58(46)67-59-47(61)32-38(65-54-27-15-9-21-42(54)43-22-10-16-28-55(43)65)34-49(59)63(5,6)51-36-39(35-50(60(51)67)62(48,3)4)66-56-29-17-11-23-44(56)45-24-12-18-30-57(45)66/h7-35,39H,36H2,1-6H3. The number of hydrogen-bond donors (Lipinski definition) is 0. The van der Waals surface area contributed by atoms with Gasteiger partial charge in [-0.05, 0) is 100 Å². The lowest BCUT2D eigenvalue weighted by Crippen LogP contribution is -2.48. The highest BCUT2D eigenvalue weighted by molar-refractivity contribution is 6.11. The second-order valence-electron chi connectivity index (χ2n) is 21.3. The summed E-state index contributed by atoms with van der Waals surface area (Å²) in [6, 6.07) is 64.3. The van der Waals surface area contributed by atoms with Crippen molar-refractivity contribution in [2.24, 2.45) is 0 Å². The molecule has 11 aromatic rings. The van der Waals surface area contributed by atoms with Gasteiger partial charge in [-0.3, -0.25) is 0 Å². The largest absolute Gasteiger partial charge is 0.333 e. The van der Waals surface area contributed by atoms with Crippen molar-refractivity contribution in [2.45, 2.75) is 70.3 Å². The lowest BCUT2D eigenvalue weighted by Gasteiger charge is -2.58. The fraction of sp³-hybridized carbons (Fsp3) is 0.175. The molecule has 1 atom stereocenters. The normalized spacial score (nSPS) is 18.4. The van der Waals surface area contributed by atoms with E-state index in [2.05, 4.69) is 236 Å². The summed E-state index contributed by atoms with van der Waals surface area (Å²) in [7, 11) is 0. The number of benzene rings is 8. The Morgan fingerprint density at radius 3 is 1.12 bits per heavy atom. The van der Waals surface area contributed by atoms with Crippen LogP contribution in [0.2, 0.25) is 0 Å². The average molecular weight is 863 g/mol. The van der Waals surface area contributed by atoms with Crippen LogP contribution in [0.3, 0.4) is 0 Å². The van der Waals surface area contributed by atoms with Gasteiger partial charge in [0.1, 0.15) is 0 Å². The third-order valence-corrected chi connectivity index (χ3v) is 16.9. The fourth-order valence-corrected chi connectivity index (χ4v) is 13.7. The Bertz CT molecular complexity index is 3960. The van der Waals surface area contributed by atoms with E-state index in [-0.39, 0.29) is 22.3 Å². The molecule has 3 aromatic heterocycles. The lowest BCUT2D eigenvalue weighted by atomic mass is 9.58. The number of nitrogens with zero attached hydrogens (tertiary/aromatic N) is 4. The second kappa shape index (κ2) is 12.5. The third kappa shape index (κ3) is 4.54. The summed E-state index contributed by atoms with van der Waals surface area (Å²) < 4.78 is 7.74. The molecule has 4 nitrogen and oxygen atoms in total. The molecule has 1 unspecified atom stereocenters. The highest BCUT2D eigenvalue weighted by Crippen LogP contribution is 2.67. The molecule has 6 heterocycles. The molecule has 0 bridgehead atoms. The topological polar surface area (TPSA) is 18.0 Å². The van der Waals surface area contributed by atoms with Crippen molar-refractivity contribution in [1.29, 1.82) is 0 Å². The number of fused-ring (bicyclic) bond motifs is 9. The quantitative estimate of drug-likeness (QED) is 0.173. The lowest BCUT2D eigenvalue weighted by molar-refractivity contribution is 0.477. The molecule has 0 amide bonds. The molecule has 3 aliphatic heterocycles. The van der Waals surface area contributed by atoms with Crippen molar-refractivity contribution >= 4 is 76.8 Å². The van der Waals surface area contributed by atoms with Crippen molar-refractivity contribution in [3.63, 3.8) is 0 Å². The minimum absolute atomic E-state index is 0.112. The SMILES string of the molecule is CC1(C)C2=CC(n3c4ccccc4c4ccccc43)CC3=C2N2c4c1cc(-n1c5ccccc5c5ccccc51)cc4C(C)(C)c1cc(-n4c5ccccc5c5ccccc54)cc(c12)C3(C)C. The van der Waals surface area contributed by atoms with Crippen LogP contribution >= 0.6 is 0 Å². The Morgan fingerprint density at radius 1 is 0.388 bits per heavy atom. The van der Waals surface area contributed by atoms with Crippen LogP contribution in [-0.2, 0) is 16.2 Å². The van der Waals surface area contributed by atoms with Crippen LogP contribution < -0.4 is 4.90 Å². The molecule has 322 valence electrons. The molecular weight excluding hydrogens is 813 g/mol. The molecule has 8 aromatic carbocycles. The summed E-state index contributed by atoms with van der Waals surface area (Å²) in [6.07, 6.45) is 3.60. The van der Waals surface area contributed by atoms with E-state index < -0.39 is 0 Å². The van der Waals surface area contributed by atoms with Crippen molar-refractivity contribution in [3.8, 4) is 11.4 Å². The van der Waals surface area contributed by atoms with Gasteiger partial charge in [0.05, 0.1) is 45.2 Å². The van der Waals surface area contributed by atoms with E-state index in [0.717, 1.165) is 6.42 Å². The molecule has 1 aliphatic carbocycles. The second-order valence-corrected chi connectivity index (χ2v) is 21.3. The summed E-state index contributed by atoms with van der Waals surface area (Å²) >= 11 is 0. The summed E-state index contributed by atoms with van der Waals surface area (Å²) in [5, 5.41) is 7.77. The van der Waals surface area contributed by atoms with Crippen LogP contribution in [0.1, 0.15) is 76.3 Å². The van der Waals surface area contributed by atoms with E-state index in [1.807, 2.05) is 0 Å². The zero-order valence-corrected chi connectivity index (χ0v) is 38.8. The molecule has 4 aliphatic rings. The molecular formula is C63H50N4. The molecule has 0 spiro atoms. The zero-order chi connectivity index (χ0) is 44.9. The van der Waals surface area contributed by atoms with Gasteiger partial charge >= 0.3 is 0 Å². The molecule has 0 fully saturated rings. The predicted octanol–water partition coefficient (Wildman–Crippen LogP) is 16.2. The Hall–Kier alpha value is -7.56. The summed E-state index contributed by atoms with van der Waals surface area (Å²) in [5.74, 6) is 0. The predicted molar refractivity (Wildman–Crippen MR) is 280 cm³/mol. The van der Waals surface area contributed by atoms with Crippen LogP contribution in [0.5, 0.6) is 0 Å². The maximum Gasteiger partial charge on any atom is 0.0567 e. The average Bonchev–Trinajstić information content (AvgIpc) is 3.99. The molecule has 0 saturated heterocycles. The number of para-hydroxylation sites is 6. The Labute approximate surface area is 390 Å². The number of rotatable bonds is 3. The maximum absolute atomic E-state index is 2.77. The zero-order valence-electron chi connectivity index (χ0n) is 38.8. The van der Waals surface area contributed by atoms with Crippen LogP contribution in [0.25, 0.3) is 76.8 Å². The first-order valence-corrected chi connectivity index (χ1v) is 24.1. The monoisotopic (exact) mass is 862 g/mol. The van der Waals surface area contributed by atoms with Gasteiger partial charge in [0.15, 0.2) is 0 Å².